The van der Waals surface area contributed by atoms with Crippen LogP contribution in [0.3, 0.4) is 0 Å². The Hall–Kier alpha value is -2.73. The Labute approximate surface area is 164 Å². The number of ether oxygens (including phenoxy) is 1. The number of carbonyl (C=O) groups is 1. The van der Waals surface area contributed by atoms with Crippen LogP contribution in [0.25, 0.3) is 16.6 Å². The van der Waals surface area contributed by atoms with E-state index in [4.69, 9.17) is 4.74 Å². The van der Waals surface area contributed by atoms with E-state index in [0.29, 0.717) is 11.2 Å². The summed E-state index contributed by atoms with van der Waals surface area (Å²) in [6.45, 7) is 3.72. The van der Waals surface area contributed by atoms with Crippen molar-refractivity contribution < 1.29 is 9.53 Å². The summed E-state index contributed by atoms with van der Waals surface area (Å²) in [4.78, 5) is 21.4. The van der Waals surface area contributed by atoms with Crippen molar-refractivity contribution in [3.63, 3.8) is 0 Å². The fourth-order valence-electron chi connectivity index (χ4n) is 4.36. The molecule has 6 heteroatoms. The molecule has 0 aromatic carbocycles. The number of amides is 1. The van der Waals surface area contributed by atoms with E-state index in [1.54, 1.807) is 6.33 Å². The molecule has 0 unspecified atom stereocenters. The molecular weight excluding hydrogens is 352 g/mol. The van der Waals surface area contributed by atoms with Crippen LogP contribution in [0.1, 0.15) is 31.4 Å². The second-order valence-corrected chi connectivity index (χ2v) is 8.28. The highest BCUT2D eigenvalue weighted by Crippen LogP contribution is 2.44. The number of rotatable bonds is 3. The summed E-state index contributed by atoms with van der Waals surface area (Å²) in [7, 11) is 0. The van der Waals surface area contributed by atoms with Crippen molar-refractivity contribution in [1.29, 1.82) is 0 Å². The van der Waals surface area contributed by atoms with E-state index in [1.165, 1.54) is 0 Å². The van der Waals surface area contributed by atoms with Gasteiger partial charge in [-0.3, -0.25) is 9.78 Å². The lowest BCUT2D eigenvalue weighted by Crippen LogP contribution is -2.46. The van der Waals surface area contributed by atoms with E-state index in [9.17, 15) is 4.79 Å². The van der Waals surface area contributed by atoms with Crippen LogP contribution in [-0.2, 0) is 9.53 Å². The summed E-state index contributed by atoms with van der Waals surface area (Å²) in [6.07, 6.45) is 9.67. The van der Waals surface area contributed by atoms with Gasteiger partial charge >= 0.3 is 0 Å². The van der Waals surface area contributed by atoms with Crippen molar-refractivity contribution in [2.45, 2.75) is 32.6 Å². The fourth-order valence-corrected chi connectivity index (χ4v) is 4.36. The number of hydrogen-bond donors (Lipinski definition) is 1. The first-order valence-electron chi connectivity index (χ1n) is 9.90. The van der Waals surface area contributed by atoms with Crippen molar-refractivity contribution in [1.82, 2.24) is 14.4 Å². The van der Waals surface area contributed by atoms with Gasteiger partial charge in [0.25, 0.3) is 0 Å². The maximum Gasteiger partial charge on any atom is 0.228 e. The summed E-state index contributed by atoms with van der Waals surface area (Å²) >= 11 is 0. The molecule has 1 spiro atoms. The number of anilines is 1. The number of carbonyl (C=O) groups excluding carboxylic acids is 1. The Morgan fingerprint density at radius 3 is 2.71 bits per heavy atom. The number of nitrogens with one attached hydrogen (secondary N) is 1. The molecule has 1 aliphatic carbocycles. The molecule has 3 aromatic rings. The Balaban J connectivity index is 1.30. The SMILES string of the molecule is Cc1cc(-c2cc3cc(NC(=O)C4CCC5(CC4)COC5)ncn3c2)ccn1. The minimum atomic E-state index is 0.0754. The molecule has 1 saturated carbocycles. The molecule has 0 atom stereocenters. The van der Waals surface area contributed by atoms with Gasteiger partial charge < -0.3 is 14.5 Å². The van der Waals surface area contributed by atoms with Gasteiger partial charge in [-0.1, -0.05) is 0 Å². The van der Waals surface area contributed by atoms with Crippen LogP contribution in [-0.4, -0.2) is 33.5 Å². The molecule has 1 saturated heterocycles. The number of aromatic nitrogens is 3. The highest BCUT2D eigenvalue weighted by atomic mass is 16.5. The number of hydrogen-bond acceptors (Lipinski definition) is 4. The third kappa shape index (κ3) is 3.18. The predicted octanol–water partition coefficient (Wildman–Crippen LogP) is 3.85. The average molecular weight is 376 g/mol. The molecule has 1 amide bonds. The zero-order valence-electron chi connectivity index (χ0n) is 16.0. The third-order valence-corrected chi connectivity index (χ3v) is 6.20. The molecular formula is C22H24N4O2. The van der Waals surface area contributed by atoms with E-state index >= 15 is 0 Å². The van der Waals surface area contributed by atoms with Crippen LogP contribution in [0.15, 0.2) is 43.0 Å². The van der Waals surface area contributed by atoms with Gasteiger partial charge in [-0.2, -0.15) is 0 Å². The molecule has 0 bridgehead atoms. The molecule has 2 aliphatic rings. The second kappa shape index (κ2) is 6.71. The smallest absolute Gasteiger partial charge is 0.228 e. The Morgan fingerprint density at radius 1 is 1.18 bits per heavy atom. The van der Waals surface area contributed by atoms with Crippen molar-refractivity contribution in [3.8, 4) is 11.1 Å². The lowest BCUT2D eigenvalue weighted by Gasteiger charge is -2.45. The second-order valence-electron chi connectivity index (χ2n) is 8.28. The maximum absolute atomic E-state index is 12.7. The monoisotopic (exact) mass is 376 g/mol. The van der Waals surface area contributed by atoms with Crippen LogP contribution in [0.2, 0.25) is 0 Å². The lowest BCUT2D eigenvalue weighted by atomic mass is 9.69. The minimum absolute atomic E-state index is 0.0754. The molecule has 1 N–H and O–H groups in total. The van der Waals surface area contributed by atoms with E-state index in [1.807, 2.05) is 35.9 Å². The summed E-state index contributed by atoms with van der Waals surface area (Å²) in [5, 5.41) is 3.02. The Bertz CT molecular complexity index is 1030. The molecule has 1 aliphatic heterocycles. The average Bonchev–Trinajstić information content (AvgIpc) is 3.10. The number of pyridine rings is 1. The lowest BCUT2D eigenvalue weighted by molar-refractivity contribution is -0.143. The van der Waals surface area contributed by atoms with Gasteiger partial charge in [-0.15, -0.1) is 0 Å². The minimum Gasteiger partial charge on any atom is -0.380 e. The van der Waals surface area contributed by atoms with Crippen LogP contribution in [0.5, 0.6) is 0 Å². The molecule has 4 heterocycles. The van der Waals surface area contributed by atoms with Crippen LogP contribution >= 0.6 is 0 Å². The first-order chi connectivity index (χ1) is 13.6. The van der Waals surface area contributed by atoms with E-state index in [0.717, 1.165) is 61.2 Å². The zero-order chi connectivity index (χ0) is 19.1. The van der Waals surface area contributed by atoms with Crippen LogP contribution in [0, 0.1) is 18.3 Å². The normalized spacial score (nSPS) is 18.9. The summed E-state index contributed by atoms with van der Waals surface area (Å²) in [5.41, 5.74) is 4.58. The highest BCUT2D eigenvalue weighted by molar-refractivity contribution is 5.92. The van der Waals surface area contributed by atoms with Crippen LogP contribution in [0.4, 0.5) is 5.82 Å². The van der Waals surface area contributed by atoms with Gasteiger partial charge in [0.05, 0.1) is 18.7 Å². The molecule has 2 fully saturated rings. The van der Waals surface area contributed by atoms with E-state index in [-0.39, 0.29) is 11.8 Å². The summed E-state index contributed by atoms with van der Waals surface area (Å²) < 4.78 is 7.35. The van der Waals surface area contributed by atoms with Crippen molar-refractivity contribution in [2.75, 3.05) is 18.5 Å². The molecule has 28 heavy (non-hydrogen) atoms. The Morgan fingerprint density at radius 2 is 2.00 bits per heavy atom. The first-order valence-corrected chi connectivity index (χ1v) is 9.90. The van der Waals surface area contributed by atoms with E-state index < -0.39 is 0 Å². The highest BCUT2D eigenvalue weighted by Gasteiger charge is 2.42. The number of fused-ring (bicyclic) bond motifs is 1. The number of nitrogens with zero attached hydrogens (tertiary/aromatic N) is 3. The zero-order valence-corrected chi connectivity index (χ0v) is 16.0. The first kappa shape index (κ1) is 17.4. The molecule has 0 radical (unpaired) electrons. The van der Waals surface area contributed by atoms with Crippen molar-refractivity contribution in [3.05, 3.63) is 48.7 Å². The van der Waals surface area contributed by atoms with Crippen molar-refractivity contribution in [2.24, 2.45) is 11.3 Å². The van der Waals surface area contributed by atoms with Crippen molar-refractivity contribution >= 4 is 17.2 Å². The van der Waals surface area contributed by atoms with Gasteiger partial charge in [-0.25, -0.2) is 4.98 Å². The quantitative estimate of drug-likeness (QED) is 0.754. The third-order valence-electron chi connectivity index (χ3n) is 6.20. The fraction of sp³-hybridized carbons (Fsp3) is 0.409. The number of aryl methyl sites for hydroxylation is 1. The molecule has 5 rings (SSSR count). The standard InChI is InChI=1S/C22H24N4O2/c1-15-8-17(4-7-23-15)18-9-19-10-20(24-14-26(19)11-18)25-21(27)16-2-5-22(6-3-16)12-28-13-22/h4,7-11,14,16H,2-3,5-6,12-13H2,1H3,(H,25,27). The molecule has 3 aromatic heterocycles. The van der Waals surface area contributed by atoms with Gasteiger partial charge in [-0.05, 0) is 56.4 Å². The van der Waals surface area contributed by atoms with Gasteiger partial charge in [0.1, 0.15) is 12.1 Å². The van der Waals surface area contributed by atoms with Gasteiger partial charge in [0.15, 0.2) is 0 Å². The molecule has 144 valence electrons. The largest absolute Gasteiger partial charge is 0.380 e. The van der Waals surface area contributed by atoms with Gasteiger partial charge in [0, 0.05) is 41.1 Å². The van der Waals surface area contributed by atoms with Gasteiger partial charge in [0.2, 0.25) is 5.91 Å². The Kier molecular flexibility index (Phi) is 4.16. The van der Waals surface area contributed by atoms with Crippen LogP contribution < -0.4 is 5.32 Å². The maximum atomic E-state index is 12.7. The topological polar surface area (TPSA) is 68.5 Å². The summed E-state index contributed by atoms with van der Waals surface area (Å²) in [5.74, 6) is 0.773. The van der Waals surface area contributed by atoms with E-state index in [2.05, 4.69) is 27.4 Å². The summed E-state index contributed by atoms with van der Waals surface area (Å²) in [6, 6.07) is 8.10. The molecule has 6 nitrogen and oxygen atoms in total. The predicted molar refractivity (Wildman–Crippen MR) is 107 cm³/mol.